The van der Waals surface area contributed by atoms with Gasteiger partial charge in [-0.05, 0) is 62.2 Å². The summed E-state index contributed by atoms with van der Waals surface area (Å²) in [4.78, 5) is 17.1. The van der Waals surface area contributed by atoms with Gasteiger partial charge in [0, 0.05) is 37.9 Å². The van der Waals surface area contributed by atoms with Crippen LogP contribution < -0.4 is 10.2 Å². The first-order valence-electron chi connectivity index (χ1n) is 9.58. The molecule has 0 aliphatic carbocycles. The van der Waals surface area contributed by atoms with Gasteiger partial charge in [0.1, 0.15) is 0 Å². The lowest BCUT2D eigenvalue weighted by atomic mass is 10.1. The second kappa shape index (κ2) is 9.39. The van der Waals surface area contributed by atoms with Crippen molar-refractivity contribution in [2.45, 2.75) is 25.8 Å². The highest BCUT2D eigenvalue weighted by atomic mass is 16.1. The lowest BCUT2D eigenvalue weighted by molar-refractivity contribution is 0.0953. The molecule has 138 valence electrons. The van der Waals surface area contributed by atoms with Gasteiger partial charge in [-0.15, -0.1) is 0 Å². The highest BCUT2D eigenvalue weighted by Crippen LogP contribution is 2.14. The molecule has 0 saturated carbocycles. The summed E-state index contributed by atoms with van der Waals surface area (Å²) in [6.45, 7) is 4.89. The number of nitrogens with one attached hydrogen (secondary N) is 1. The minimum Gasteiger partial charge on any atom is -0.375 e. The molecule has 0 aromatic heterocycles. The highest BCUT2D eigenvalue weighted by Gasteiger charge is 2.13. The van der Waals surface area contributed by atoms with E-state index in [1.807, 2.05) is 36.4 Å². The predicted molar refractivity (Wildman–Crippen MR) is 108 cm³/mol. The molecule has 4 heteroatoms. The van der Waals surface area contributed by atoms with Crippen LogP contribution in [0.3, 0.4) is 0 Å². The lowest BCUT2D eigenvalue weighted by Crippen LogP contribution is -2.28. The van der Waals surface area contributed by atoms with Crippen molar-refractivity contribution in [2.75, 3.05) is 38.1 Å². The van der Waals surface area contributed by atoms with Crippen LogP contribution in [0.2, 0.25) is 0 Å². The molecule has 26 heavy (non-hydrogen) atoms. The van der Waals surface area contributed by atoms with Gasteiger partial charge in [0.2, 0.25) is 0 Å². The molecule has 1 fully saturated rings. The monoisotopic (exact) mass is 351 g/mol. The summed E-state index contributed by atoms with van der Waals surface area (Å²) in [5.41, 5.74) is 3.19. The molecule has 2 aromatic rings. The summed E-state index contributed by atoms with van der Waals surface area (Å²) in [7, 11) is 2.08. The Morgan fingerprint density at radius 1 is 1.08 bits per heavy atom. The van der Waals surface area contributed by atoms with Crippen LogP contribution in [0.4, 0.5) is 5.69 Å². The van der Waals surface area contributed by atoms with Gasteiger partial charge in [-0.25, -0.2) is 0 Å². The van der Waals surface area contributed by atoms with Crippen LogP contribution in [-0.4, -0.2) is 44.0 Å². The number of nitrogens with zero attached hydrogens (tertiary/aromatic N) is 2. The van der Waals surface area contributed by atoms with Crippen LogP contribution >= 0.6 is 0 Å². The maximum absolute atomic E-state index is 12.4. The molecule has 1 heterocycles. The first-order valence-corrected chi connectivity index (χ1v) is 9.58. The van der Waals surface area contributed by atoms with Crippen LogP contribution in [0.5, 0.6) is 0 Å². The van der Waals surface area contributed by atoms with E-state index in [-0.39, 0.29) is 5.91 Å². The molecule has 4 nitrogen and oxygen atoms in total. The van der Waals surface area contributed by atoms with Crippen molar-refractivity contribution in [1.82, 2.24) is 10.2 Å². The van der Waals surface area contributed by atoms with Gasteiger partial charge in [0.05, 0.1) is 0 Å². The van der Waals surface area contributed by atoms with Crippen molar-refractivity contribution in [2.24, 2.45) is 0 Å². The zero-order valence-corrected chi connectivity index (χ0v) is 15.7. The summed E-state index contributed by atoms with van der Waals surface area (Å²) in [6, 6.07) is 18.4. The molecule has 0 atom stereocenters. The van der Waals surface area contributed by atoms with Crippen molar-refractivity contribution < 1.29 is 4.79 Å². The normalized spacial score (nSPS) is 14.3. The zero-order chi connectivity index (χ0) is 18.2. The summed E-state index contributed by atoms with van der Waals surface area (Å²) >= 11 is 0. The molecule has 0 radical (unpaired) electrons. The van der Waals surface area contributed by atoms with Crippen LogP contribution in [0.25, 0.3) is 0 Å². The Kier molecular flexibility index (Phi) is 6.67. The van der Waals surface area contributed by atoms with E-state index in [0.717, 1.165) is 25.1 Å². The molecule has 1 saturated heterocycles. The number of anilines is 1. The number of para-hydroxylation sites is 1. The van der Waals surface area contributed by atoms with Gasteiger partial charge < -0.3 is 10.2 Å². The van der Waals surface area contributed by atoms with Gasteiger partial charge in [-0.3, -0.25) is 9.69 Å². The minimum atomic E-state index is 0.0237. The number of likely N-dealkylation sites (tertiary alicyclic amines) is 1. The Bertz CT molecular complexity index is 696. The van der Waals surface area contributed by atoms with E-state index in [0.29, 0.717) is 6.54 Å². The largest absolute Gasteiger partial charge is 0.375 e. The number of carbonyl (C=O) groups is 1. The third kappa shape index (κ3) is 5.33. The van der Waals surface area contributed by atoms with E-state index in [2.05, 4.69) is 40.4 Å². The van der Waals surface area contributed by atoms with E-state index >= 15 is 0 Å². The molecule has 1 aliphatic heterocycles. The summed E-state index contributed by atoms with van der Waals surface area (Å²) in [5.74, 6) is 0.0237. The third-order valence-electron chi connectivity index (χ3n) is 4.95. The second-order valence-electron chi connectivity index (χ2n) is 7.05. The van der Waals surface area contributed by atoms with Crippen molar-refractivity contribution in [3.8, 4) is 0 Å². The molecule has 0 spiro atoms. The SMILES string of the molecule is CN(CCCNC(=O)c1cccc(CN2CCCC2)c1)c1ccccc1. The van der Waals surface area contributed by atoms with E-state index in [1.54, 1.807) is 0 Å². The van der Waals surface area contributed by atoms with Crippen LogP contribution in [0.15, 0.2) is 54.6 Å². The molecule has 0 bridgehead atoms. The topological polar surface area (TPSA) is 35.6 Å². The number of amides is 1. The van der Waals surface area contributed by atoms with E-state index < -0.39 is 0 Å². The summed E-state index contributed by atoms with van der Waals surface area (Å²) < 4.78 is 0. The highest BCUT2D eigenvalue weighted by molar-refractivity contribution is 5.94. The predicted octanol–water partition coefficient (Wildman–Crippen LogP) is 3.54. The molecule has 0 unspecified atom stereocenters. The van der Waals surface area contributed by atoms with Crippen molar-refractivity contribution in [3.63, 3.8) is 0 Å². The number of carbonyl (C=O) groups excluding carboxylic acids is 1. The molecular weight excluding hydrogens is 322 g/mol. The Hall–Kier alpha value is -2.33. The van der Waals surface area contributed by atoms with Crippen molar-refractivity contribution >= 4 is 11.6 Å². The molecular formula is C22H29N3O. The summed E-state index contributed by atoms with van der Waals surface area (Å²) in [5, 5.41) is 3.05. The number of benzene rings is 2. The average Bonchev–Trinajstić information content (AvgIpc) is 3.19. The second-order valence-corrected chi connectivity index (χ2v) is 7.05. The van der Waals surface area contributed by atoms with Gasteiger partial charge in [0.25, 0.3) is 5.91 Å². The van der Waals surface area contributed by atoms with Gasteiger partial charge in [-0.1, -0.05) is 30.3 Å². The number of rotatable bonds is 8. The molecule has 1 N–H and O–H groups in total. The van der Waals surface area contributed by atoms with Gasteiger partial charge in [-0.2, -0.15) is 0 Å². The fourth-order valence-electron chi connectivity index (χ4n) is 3.44. The van der Waals surface area contributed by atoms with E-state index in [4.69, 9.17) is 0 Å². The van der Waals surface area contributed by atoms with Crippen LogP contribution in [-0.2, 0) is 6.54 Å². The fourth-order valence-corrected chi connectivity index (χ4v) is 3.44. The Balaban J connectivity index is 1.43. The van der Waals surface area contributed by atoms with E-state index in [9.17, 15) is 4.79 Å². The Labute approximate surface area is 156 Å². The molecule has 1 amide bonds. The maximum Gasteiger partial charge on any atom is 0.251 e. The minimum absolute atomic E-state index is 0.0237. The average molecular weight is 351 g/mol. The third-order valence-corrected chi connectivity index (χ3v) is 4.95. The lowest BCUT2D eigenvalue weighted by Gasteiger charge is -2.19. The van der Waals surface area contributed by atoms with E-state index in [1.165, 1.54) is 37.2 Å². The van der Waals surface area contributed by atoms with Gasteiger partial charge in [0.15, 0.2) is 0 Å². The fraction of sp³-hybridized carbons (Fsp3) is 0.409. The Morgan fingerprint density at radius 2 is 1.85 bits per heavy atom. The van der Waals surface area contributed by atoms with Crippen LogP contribution in [0.1, 0.15) is 35.2 Å². The molecule has 2 aromatic carbocycles. The van der Waals surface area contributed by atoms with Crippen molar-refractivity contribution in [1.29, 1.82) is 0 Å². The molecule has 1 aliphatic rings. The number of hydrogen-bond donors (Lipinski definition) is 1. The Morgan fingerprint density at radius 3 is 2.62 bits per heavy atom. The standard InChI is InChI=1S/C22H29N3O/c1-24(21-11-3-2-4-12-21)14-8-13-23-22(26)20-10-7-9-19(17-20)18-25-15-5-6-16-25/h2-4,7,9-12,17H,5-6,8,13-16,18H2,1H3,(H,23,26). The first kappa shape index (κ1) is 18.5. The quantitative estimate of drug-likeness (QED) is 0.739. The number of hydrogen-bond acceptors (Lipinski definition) is 3. The van der Waals surface area contributed by atoms with Crippen molar-refractivity contribution in [3.05, 3.63) is 65.7 Å². The first-order chi connectivity index (χ1) is 12.7. The van der Waals surface area contributed by atoms with Gasteiger partial charge >= 0.3 is 0 Å². The van der Waals surface area contributed by atoms with Crippen LogP contribution in [0, 0.1) is 0 Å². The smallest absolute Gasteiger partial charge is 0.251 e. The zero-order valence-electron chi connectivity index (χ0n) is 15.7. The maximum atomic E-state index is 12.4. The summed E-state index contributed by atoms with van der Waals surface area (Å²) in [6.07, 6.45) is 3.50. The molecule has 3 rings (SSSR count).